The summed E-state index contributed by atoms with van der Waals surface area (Å²) >= 11 is 0. The van der Waals surface area contributed by atoms with Crippen LogP contribution in [-0.2, 0) is 0 Å². The normalized spacial score (nSPS) is 12.1. The highest BCUT2D eigenvalue weighted by Gasteiger charge is 2.22. The van der Waals surface area contributed by atoms with Crippen LogP contribution in [0.1, 0.15) is 11.1 Å². The lowest BCUT2D eigenvalue weighted by molar-refractivity contribution is -0.0790. The minimum absolute atomic E-state index is 0.255. The molecule has 0 atom stereocenters. The molecule has 0 fully saturated rings. The summed E-state index contributed by atoms with van der Waals surface area (Å²) in [5, 5.41) is 0. The van der Waals surface area contributed by atoms with E-state index in [0.717, 1.165) is 17.3 Å². The zero-order valence-electron chi connectivity index (χ0n) is 9.47. The van der Waals surface area contributed by atoms with Gasteiger partial charge in [-0.2, -0.15) is 13.2 Å². The van der Waals surface area contributed by atoms with Gasteiger partial charge in [0.25, 0.3) is 0 Å². The molecule has 16 heavy (non-hydrogen) atoms. The lowest BCUT2D eigenvalue weighted by atomic mass is 10.1. The Morgan fingerprint density at radius 1 is 1.19 bits per heavy atom. The topological polar surface area (TPSA) is 3.24 Å². The Labute approximate surface area is 93.2 Å². The zero-order chi connectivity index (χ0) is 12.3. The number of benzene rings is 1. The minimum Gasteiger partial charge on any atom is -0.377 e. The summed E-state index contributed by atoms with van der Waals surface area (Å²) < 4.78 is 36.2. The molecule has 0 radical (unpaired) electrons. The number of hydrogen-bond acceptors (Lipinski definition) is 1. The standard InChI is InChI=1S/C12H14F3N/c1-9-4-5-10(6-7-12(13,14)15)11(8-9)16(2)3/h4-8H,1-3H3/b7-6-. The molecule has 1 rings (SSSR count). The molecule has 0 saturated carbocycles. The second-order valence-electron chi connectivity index (χ2n) is 3.83. The van der Waals surface area contributed by atoms with Gasteiger partial charge in [-0.1, -0.05) is 12.1 Å². The predicted octanol–water partition coefficient (Wildman–Crippen LogP) is 3.64. The Hall–Kier alpha value is -1.45. The van der Waals surface area contributed by atoms with Crippen molar-refractivity contribution in [1.82, 2.24) is 0 Å². The van der Waals surface area contributed by atoms with E-state index in [1.165, 1.54) is 0 Å². The molecule has 1 aromatic carbocycles. The van der Waals surface area contributed by atoms with E-state index in [-0.39, 0.29) is 6.08 Å². The molecule has 4 heteroatoms. The summed E-state index contributed by atoms with van der Waals surface area (Å²) in [4.78, 5) is 1.79. The Kier molecular flexibility index (Phi) is 3.62. The predicted molar refractivity (Wildman–Crippen MR) is 60.6 cm³/mol. The smallest absolute Gasteiger partial charge is 0.377 e. The molecular formula is C12H14F3N. The average molecular weight is 229 g/mol. The molecule has 0 N–H and O–H groups in total. The number of hydrogen-bond donors (Lipinski definition) is 0. The molecule has 0 aliphatic rings. The van der Waals surface area contributed by atoms with Gasteiger partial charge in [0.05, 0.1) is 0 Å². The number of aryl methyl sites for hydroxylation is 1. The van der Waals surface area contributed by atoms with Gasteiger partial charge in [0.1, 0.15) is 0 Å². The van der Waals surface area contributed by atoms with Crippen molar-refractivity contribution < 1.29 is 13.2 Å². The molecule has 0 spiro atoms. The fourth-order valence-electron chi connectivity index (χ4n) is 1.37. The summed E-state index contributed by atoms with van der Waals surface area (Å²) in [5.41, 5.74) is 2.36. The van der Waals surface area contributed by atoms with Crippen molar-refractivity contribution in [3.8, 4) is 0 Å². The summed E-state index contributed by atoms with van der Waals surface area (Å²) in [6, 6.07) is 5.34. The van der Waals surface area contributed by atoms with Crippen LogP contribution in [0.2, 0.25) is 0 Å². The summed E-state index contributed by atoms with van der Waals surface area (Å²) in [7, 11) is 3.61. The van der Waals surface area contributed by atoms with Crippen LogP contribution in [0.4, 0.5) is 18.9 Å². The van der Waals surface area contributed by atoms with Gasteiger partial charge in [0.2, 0.25) is 0 Å². The summed E-state index contributed by atoms with van der Waals surface area (Å²) in [6.07, 6.45) is -2.92. The molecule has 88 valence electrons. The molecule has 0 amide bonds. The fourth-order valence-corrected chi connectivity index (χ4v) is 1.37. The van der Waals surface area contributed by atoms with Gasteiger partial charge in [-0.3, -0.25) is 0 Å². The SMILES string of the molecule is Cc1ccc(/C=C\C(F)(F)F)c(N(C)C)c1. The van der Waals surface area contributed by atoms with E-state index in [0.29, 0.717) is 5.56 Å². The van der Waals surface area contributed by atoms with Crippen LogP contribution in [0, 0.1) is 6.92 Å². The Morgan fingerprint density at radius 2 is 1.81 bits per heavy atom. The first-order valence-electron chi connectivity index (χ1n) is 4.83. The molecule has 0 aromatic heterocycles. The maximum atomic E-state index is 12.1. The average Bonchev–Trinajstić information content (AvgIpc) is 2.14. The van der Waals surface area contributed by atoms with Gasteiger partial charge in [0.15, 0.2) is 0 Å². The van der Waals surface area contributed by atoms with E-state index in [4.69, 9.17) is 0 Å². The molecule has 0 bridgehead atoms. The van der Waals surface area contributed by atoms with Crippen LogP contribution < -0.4 is 4.90 Å². The first-order valence-corrected chi connectivity index (χ1v) is 4.83. The number of alkyl halides is 3. The van der Waals surface area contributed by atoms with Crippen molar-refractivity contribution in [2.45, 2.75) is 13.1 Å². The molecule has 0 aliphatic carbocycles. The first kappa shape index (κ1) is 12.6. The van der Waals surface area contributed by atoms with Crippen LogP contribution in [0.15, 0.2) is 24.3 Å². The van der Waals surface area contributed by atoms with E-state index in [9.17, 15) is 13.2 Å². The number of allylic oxidation sites excluding steroid dienone is 1. The van der Waals surface area contributed by atoms with Crippen molar-refractivity contribution in [2.24, 2.45) is 0 Å². The van der Waals surface area contributed by atoms with Crippen molar-refractivity contribution in [1.29, 1.82) is 0 Å². The maximum Gasteiger partial charge on any atom is 0.409 e. The number of nitrogens with zero attached hydrogens (tertiary/aromatic N) is 1. The maximum absolute atomic E-state index is 12.1. The largest absolute Gasteiger partial charge is 0.409 e. The molecular weight excluding hydrogens is 215 g/mol. The number of rotatable bonds is 2. The fraction of sp³-hybridized carbons (Fsp3) is 0.333. The van der Waals surface area contributed by atoms with Gasteiger partial charge in [-0.05, 0) is 30.2 Å². The van der Waals surface area contributed by atoms with Crippen molar-refractivity contribution in [3.63, 3.8) is 0 Å². The van der Waals surface area contributed by atoms with Crippen LogP contribution in [0.5, 0.6) is 0 Å². The molecule has 0 unspecified atom stereocenters. The lowest BCUT2D eigenvalue weighted by Gasteiger charge is -2.16. The highest BCUT2D eigenvalue weighted by atomic mass is 19.4. The summed E-state index contributed by atoms with van der Waals surface area (Å²) in [6.45, 7) is 1.91. The van der Waals surface area contributed by atoms with Crippen LogP contribution in [0.3, 0.4) is 0 Å². The van der Waals surface area contributed by atoms with Crippen molar-refractivity contribution in [3.05, 3.63) is 35.4 Å². The van der Waals surface area contributed by atoms with Gasteiger partial charge in [-0.25, -0.2) is 0 Å². The van der Waals surface area contributed by atoms with E-state index in [1.54, 1.807) is 31.1 Å². The highest BCUT2D eigenvalue weighted by molar-refractivity contribution is 5.68. The van der Waals surface area contributed by atoms with Crippen LogP contribution in [-0.4, -0.2) is 20.3 Å². The van der Waals surface area contributed by atoms with E-state index >= 15 is 0 Å². The lowest BCUT2D eigenvalue weighted by Crippen LogP contribution is -2.10. The Bertz CT molecular complexity index is 392. The van der Waals surface area contributed by atoms with E-state index in [1.807, 2.05) is 13.0 Å². The third kappa shape index (κ3) is 3.61. The highest BCUT2D eigenvalue weighted by Crippen LogP contribution is 2.24. The monoisotopic (exact) mass is 229 g/mol. The molecule has 0 heterocycles. The molecule has 1 nitrogen and oxygen atoms in total. The second-order valence-corrected chi connectivity index (χ2v) is 3.83. The van der Waals surface area contributed by atoms with Gasteiger partial charge in [0, 0.05) is 25.9 Å². The molecule has 1 aromatic rings. The zero-order valence-corrected chi connectivity index (χ0v) is 9.47. The second kappa shape index (κ2) is 4.60. The Morgan fingerprint density at radius 3 is 2.31 bits per heavy atom. The van der Waals surface area contributed by atoms with Gasteiger partial charge >= 0.3 is 6.18 Å². The van der Waals surface area contributed by atoms with Gasteiger partial charge < -0.3 is 4.90 Å². The van der Waals surface area contributed by atoms with Crippen LogP contribution in [0.25, 0.3) is 6.08 Å². The van der Waals surface area contributed by atoms with Crippen molar-refractivity contribution >= 4 is 11.8 Å². The molecule has 0 aliphatic heterocycles. The molecule has 0 saturated heterocycles. The third-order valence-electron chi connectivity index (χ3n) is 2.12. The number of halogens is 3. The minimum atomic E-state index is -4.27. The first-order chi connectivity index (χ1) is 7.29. The van der Waals surface area contributed by atoms with E-state index in [2.05, 4.69) is 0 Å². The quantitative estimate of drug-likeness (QED) is 0.748. The number of anilines is 1. The van der Waals surface area contributed by atoms with E-state index < -0.39 is 6.18 Å². The Balaban J connectivity index is 3.09. The van der Waals surface area contributed by atoms with Crippen molar-refractivity contribution in [2.75, 3.05) is 19.0 Å². The third-order valence-corrected chi connectivity index (χ3v) is 2.12. The van der Waals surface area contributed by atoms with Gasteiger partial charge in [-0.15, -0.1) is 0 Å². The van der Waals surface area contributed by atoms with Crippen LogP contribution >= 0.6 is 0 Å². The summed E-state index contributed by atoms with van der Waals surface area (Å²) in [5.74, 6) is 0.